The van der Waals surface area contributed by atoms with Crippen LogP contribution in [0.15, 0.2) is 29.2 Å². The molecule has 0 saturated carbocycles. The van der Waals surface area contributed by atoms with Gasteiger partial charge in [0, 0.05) is 32.4 Å². The Bertz CT molecular complexity index is 717. The second kappa shape index (κ2) is 7.28. The molecule has 8 heteroatoms. The quantitative estimate of drug-likeness (QED) is 0.753. The van der Waals surface area contributed by atoms with Crippen LogP contribution in [-0.4, -0.2) is 46.0 Å². The van der Waals surface area contributed by atoms with Gasteiger partial charge in [-0.3, -0.25) is 4.40 Å². The van der Waals surface area contributed by atoms with E-state index in [-0.39, 0.29) is 17.8 Å². The number of nitrogens with one attached hydrogen (secondary N) is 2. The van der Waals surface area contributed by atoms with Crippen molar-refractivity contribution in [1.29, 1.82) is 0 Å². The fourth-order valence-electron chi connectivity index (χ4n) is 2.62. The maximum absolute atomic E-state index is 12.1. The van der Waals surface area contributed by atoms with Crippen LogP contribution in [0.3, 0.4) is 0 Å². The molecule has 2 aromatic rings. The minimum Gasteiger partial charge on any atom is -0.376 e. The Hall–Kier alpha value is -2.35. The molecule has 0 bridgehead atoms. The van der Waals surface area contributed by atoms with Gasteiger partial charge in [0.25, 0.3) is 0 Å². The number of hydrogen-bond acceptors (Lipinski definition) is 4. The first-order valence-electron chi connectivity index (χ1n) is 7.91. The monoisotopic (exact) mass is 319 g/mol. The molecule has 8 nitrogen and oxygen atoms in total. The fraction of sp³-hybridized carbons (Fsp3) is 0.533. The van der Waals surface area contributed by atoms with E-state index in [2.05, 4.69) is 15.7 Å². The molecule has 0 aliphatic carbocycles. The number of aromatic nitrogens is 3. The molecule has 3 heterocycles. The first kappa shape index (κ1) is 15.5. The van der Waals surface area contributed by atoms with Crippen molar-refractivity contribution in [2.75, 3.05) is 19.7 Å². The minimum absolute atomic E-state index is 0.136. The summed E-state index contributed by atoms with van der Waals surface area (Å²) in [6.45, 7) is 2.27. The molecule has 23 heavy (non-hydrogen) atoms. The number of urea groups is 1. The summed E-state index contributed by atoms with van der Waals surface area (Å²) in [4.78, 5) is 23.7. The van der Waals surface area contributed by atoms with E-state index in [4.69, 9.17) is 4.74 Å². The van der Waals surface area contributed by atoms with Gasteiger partial charge in [0.1, 0.15) is 0 Å². The van der Waals surface area contributed by atoms with Crippen LogP contribution < -0.4 is 16.3 Å². The SMILES string of the molecule is O=C(NCCCn1nc2ccccn2c1=O)NCC1CCCO1. The molecule has 1 saturated heterocycles. The van der Waals surface area contributed by atoms with Crippen LogP contribution in [0.25, 0.3) is 5.65 Å². The van der Waals surface area contributed by atoms with Crippen molar-refractivity contribution in [2.45, 2.75) is 31.9 Å². The second-order valence-corrected chi connectivity index (χ2v) is 5.56. The van der Waals surface area contributed by atoms with Crippen molar-refractivity contribution in [3.63, 3.8) is 0 Å². The summed E-state index contributed by atoms with van der Waals surface area (Å²) in [5.74, 6) is 0. The molecule has 1 fully saturated rings. The van der Waals surface area contributed by atoms with Crippen LogP contribution in [0.5, 0.6) is 0 Å². The van der Waals surface area contributed by atoms with Crippen molar-refractivity contribution >= 4 is 11.7 Å². The molecule has 2 aromatic heterocycles. The van der Waals surface area contributed by atoms with Gasteiger partial charge in [-0.2, -0.15) is 0 Å². The van der Waals surface area contributed by atoms with E-state index in [0.29, 0.717) is 31.7 Å². The molecular weight excluding hydrogens is 298 g/mol. The van der Waals surface area contributed by atoms with Crippen LogP contribution in [0.1, 0.15) is 19.3 Å². The van der Waals surface area contributed by atoms with Crippen LogP contribution in [0.2, 0.25) is 0 Å². The number of carbonyl (C=O) groups is 1. The molecule has 0 aromatic carbocycles. The maximum Gasteiger partial charge on any atom is 0.350 e. The van der Waals surface area contributed by atoms with Gasteiger partial charge < -0.3 is 15.4 Å². The van der Waals surface area contributed by atoms with Crippen LogP contribution >= 0.6 is 0 Å². The van der Waals surface area contributed by atoms with Crippen molar-refractivity contribution in [3.05, 3.63) is 34.9 Å². The maximum atomic E-state index is 12.1. The highest BCUT2D eigenvalue weighted by atomic mass is 16.5. The van der Waals surface area contributed by atoms with Crippen molar-refractivity contribution in [2.24, 2.45) is 0 Å². The first-order valence-corrected chi connectivity index (χ1v) is 7.91. The number of amides is 2. The molecule has 3 rings (SSSR count). The lowest BCUT2D eigenvalue weighted by Crippen LogP contribution is -2.40. The molecule has 0 spiro atoms. The fourth-order valence-corrected chi connectivity index (χ4v) is 2.62. The zero-order chi connectivity index (χ0) is 16.1. The van der Waals surface area contributed by atoms with Gasteiger partial charge in [-0.1, -0.05) is 6.07 Å². The largest absolute Gasteiger partial charge is 0.376 e. The second-order valence-electron chi connectivity index (χ2n) is 5.56. The molecule has 124 valence electrons. The Morgan fingerprint density at radius 1 is 1.39 bits per heavy atom. The third-order valence-corrected chi connectivity index (χ3v) is 3.83. The predicted octanol–water partition coefficient (Wildman–Crippen LogP) is 0.364. The topological polar surface area (TPSA) is 89.7 Å². The van der Waals surface area contributed by atoms with Crippen LogP contribution in [-0.2, 0) is 11.3 Å². The zero-order valence-corrected chi connectivity index (χ0v) is 12.9. The van der Waals surface area contributed by atoms with E-state index >= 15 is 0 Å². The number of nitrogens with zero attached hydrogens (tertiary/aromatic N) is 3. The van der Waals surface area contributed by atoms with Gasteiger partial charge in [-0.15, -0.1) is 5.10 Å². The van der Waals surface area contributed by atoms with Crippen molar-refractivity contribution in [1.82, 2.24) is 24.8 Å². The number of pyridine rings is 1. The van der Waals surface area contributed by atoms with Gasteiger partial charge >= 0.3 is 11.7 Å². The lowest BCUT2D eigenvalue weighted by Gasteiger charge is -2.11. The van der Waals surface area contributed by atoms with Gasteiger partial charge in [-0.25, -0.2) is 14.3 Å². The normalized spacial score (nSPS) is 17.5. The van der Waals surface area contributed by atoms with E-state index in [1.165, 1.54) is 9.08 Å². The predicted molar refractivity (Wildman–Crippen MR) is 84.4 cm³/mol. The number of aryl methyl sites for hydroxylation is 1. The van der Waals surface area contributed by atoms with E-state index in [0.717, 1.165) is 19.4 Å². The molecule has 1 unspecified atom stereocenters. The highest BCUT2D eigenvalue weighted by Crippen LogP contribution is 2.10. The Morgan fingerprint density at radius 3 is 3.09 bits per heavy atom. The van der Waals surface area contributed by atoms with Crippen molar-refractivity contribution in [3.8, 4) is 0 Å². The molecule has 2 amide bonds. The minimum atomic E-state index is -0.206. The van der Waals surface area contributed by atoms with Crippen molar-refractivity contribution < 1.29 is 9.53 Å². The highest BCUT2D eigenvalue weighted by Gasteiger charge is 2.15. The Kier molecular flexibility index (Phi) is 4.92. The molecule has 1 atom stereocenters. The van der Waals surface area contributed by atoms with E-state index < -0.39 is 0 Å². The Labute approximate surface area is 133 Å². The van der Waals surface area contributed by atoms with Crippen LogP contribution in [0.4, 0.5) is 4.79 Å². The summed E-state index contributed by atoms with van der Waals surface area (Å²) in [6.07, 6.45) is 4.52. The zero-order valence-electron chi connectivity index (χ0n) is 12.9. The Morgan fingerprint density at radius 2 is 2.30 bits per heavy atom. The lowest BCUT2D eigenvalue weighted by atomic mass is 10.2. The third kappa shape index (κ3) is 3.89. The van der Waals surface area contributed by atoms with E-state index in [9.17, 15) is 9.59 Å². The summed E-state index contributed by atoms with van der Waals surface area (Å²) < 4.78 is 8.36. The molecule has 2 N–H and O–H groups in total. The number of hydrogen-bond donors (Lipinski definition) is 2. The standard InChI is InChI=1S/C15H21N5O3/c21-14(17-11-12-5-3-10-23-12)16-7-4-9-20-15(22)19-8-2-1-6-13(19)18-20/h1-2,6,8,12H,3-5,7,9-11H2,(H2,16,17,21). The summed E-state index contributed by atoms with van der Waals surface area (Å²) in [6, 6.07) is 5.21. The summed E-state index contributed by atoms with van der Waals surface area (Å²) >= 11 is 0. The summed E-state index contributed by atoms with van der Waals surface area (Å²) in [5, 5.41) is 9.81. The number of carbonyl (C=O) groups excluding carboxylic acids is 1. The number of fused-ring (bicyclic) bond motifs is 1. The third-order valence-electron chi connectivity index (χ3n) is 3.83. The van der Waals surface area contributed by atoms with E-state index in [1.54, 1.807) is 18.3 Å². The van der Waals surface area contributed by atoms with Gasteiger partial charge in [-0.05, 0) is 31.4 Å². The van der Waals surface area contributed by atoms with Gasteiger partial charge in [0.05, 0.1) is 6.10 Å². The average Bonchev–Trinajstić information content (AvgIpc) is 3.19. The summed E-state index contributed by atoms with van der Waals surface area (Å²) in [7, 11) is 0. The van der Waals surface area contributed by atoms with Gasteiger partial charge in [0.2, 0.25) is 0 Å². The van der Waals surface area contributed by atoms with E-state index in [1.807, 2.05) is 6.07 Å². The number of ether oxygens (including phenoxy) is 1. The summed E-state index contributed by atoms with van der Waals surface area (Å²) in [5.41, 5.74) is 0.461. The Balaban J connectivity index is 1.39. The molecule has 1 aliphatic rings. The molecular formula is C15H21N5O3. The smallest absolute Gasteiger partial charge is 0.350 e. The van der Waals surface area contributed by atoms with Crippen LogP contribution in [0, 0.1) is 0 Å². The number of rotatable bonds is 6. The average molecular weight is 319 g/mol. The molecule has 1 aliphatic heterocycles. The molecule has 0 radical (unpaired) electrons. The highest BCUT2D eigenvalue weighted by molar-refractivity contribution is 5.73. The van der Waals surface area contributed by atoms with Gasteiger partial charge in [0.15, 0.2) is 5.65 Å². The lowest BCUT2D eigenvalue weighted by molar-refractivity contribution is 0.111. The first-order chi connectivity index (χ1) is 11.2.